The number of amides is 1. The first-order valence-electron chi connectivity index (χ1n) is 6.62. The van der Waals surface area contributed by atoms with Crippen molar-refractivity contribution in [2.75, 3.05) is 26.9 Å². The molecule has 0 aliphatic heterocycles. The van der Waals surface area contributed by atoms with E-state index in [0.29, 0.717) is 19.0 Å². The van der Waals surface area contributed by atoms with Crippen LogP contribution in [0.2, 0.25) is 0 Å². The molecule has 2 aromatic rings. The first-order valence-corrected chi connectivity index (χ1v) is 7.42. The minimum absolute atomic E-state index is 0.0616. The largest absolute Gasteiger partial charge is 0.476 e. The second kappa shape index (κ2) is 7.42. The molecule has 0 radical (unpaired) electrons. The summed E-state index contributed by atoms with van der Waals surface area (Å²) in [5.74, 6) is 0.479. The zero-order valence-corrected chi connectivity index (χ0v) is 13.6. The van der Waals surface area contributed by atoms with Gasteiger partial charge in [0.1, 0.15) is 0 Å². The van der Waals surface area contributed by atoms with Crippen molar-refractivity contribution in [2.45, 2.75) is 6.42 Å². The molecule has 0 aliphatic carbocycles. The number of nitrogens with one attached hydrogen (secondary N) is 1. The molecule has 114 valence electrons. The Kier molecular flexibility index (Phi) is 5.58. The Morgan fingerprint density at radius 1 is 1.43 bits per heavy atom. The summed E-state index contributed by atoms with van der Waals surface area (Å²) in [6.45, 7) is 1.30. The van der Waals surface area contributed by atoms with Gasteiger partial charge in [-0.2, -0.15) is 0 Å². The molecule has 1 amide bonds. The van der Waals surface area contributed by atoms with E-state index >= 15 is 0 Å². The number of hydrogen-bond donors (Lipinski definition) is 1. The second-order valence-electron chi connectivity index (χ2n) is 4.53. The van der Waals surface area contributed by atoms with E-state index in [0.717, 1.165) is 15.4 Å². The van der Waals surface area contributed by atoms with Gasteiger partial charge in [-0.25, -0.2) is 0 Å². The quantitative estimate of drug-likeness (QED) is 0.770. The number of nitrogens with zero attached hydrogens (tertiary/aromatic N) is 2. The Morgan fingerprint density at radius 2 is 2.24 bits per heavy atom. The lowest BCUT2D eigenvalue weighted by molar-refractivity contribution is -0.121. The smallest absolute Gasteiger partial charge is 0.240 e. The van der Waals surface area contributed by atoms with E-state index in [-0.39, 0.29) is 18.9 Å². The zero-order chi connectivity index (χ0) is 15.2. The molecule has 0 saturated heterocycles. The standard InChI is InChI=1S/C14H18BrN3O3/c1-18-12-4-3-10(15)9-11(12)14(17-18)21-7-5-13(19)16-6-8-20-2/h3-4,9H,5-8H2,1-2H3,(H,16,19). The van der Waals surface area contributed by atoms with E-state index in [2.05, 4.69) is 26.3 Å². The van der Waals surface area contributed by atoms with Crippen LogP contribution in [0.5, 0.6) is 5.88 Å². The molecule has 1 aromatic heterocycles. The van der Waals surface area contributed by atoms with E-state index in [1.54, 1.807) is 11.8 Å². The van der Waals surface area contributed by atoms with Gasteiger partial charge in [-0.05, 0) is 18.2 Å². The predicted octanol–water partition coefficient (Wildman–Crippen LogP) is 1.87. The monoisotopic (exact) mass is 355 g/mol. The Balaban J connectivity index is 1.92. The highest BCUT2D eigenvalue weighted by Crippen LogP contribution is 2.27. The van der Waals surface area contributed by atoms with Crippen molar-refractivity contribution in [1.82, 2.24) is 15.1 Å². The Bertz CT molecular complexity index is 627. The van der Waals surface area contributed by atoms with Crippen molar-refractivity contribution in [3.8, 4) is 5.88 Å². The third-order valence-corrected chi connectivity index (χ3v) is 3.47. The van der Waals surface area contributed by atoms with Gasteiger partial charge in [0.2, 0.25) is 11.8 Å². The number of carbonyl (C=O) groups excluding carboxylic acids is 1. The maximum atomic E-state index is 11.6. The summed E-state index contributed by atoms with van der Waals surface area (Å²) < 4.78 is 13.2. The number of ether oxygens (including phenoxy) is 2. The van der Waals surface area contributed by atoms with Crippen molar-refractivity contribution in [1.29, 1.82) is 0 Å². The van der Waals surface area contributed by atoms with Gasteiger partial charge in [0.25, 0.3) is 0 Å². The third kappa shape index (κ3) is 4.18. The third-order valence-electron chi connectivity index (χ3n) is 2.97. The average Bonchev–Trinajstić information content (AvgIpc) is 2.75. The van der Waals surface area contributed by atoms with E-state index in [9.17, 15) is 4.79 Å². The Labute approximate surface area is 131 Å². The van der Waals surface area contributed by atoms with E-state index in [1.807, 2.05) is 25.2 Å². The topological polar surface area (TPSA) is 65.4 Å². The first kappa shape index (κ1) is 15.8. The summed E-state index contributed by atoms with van der Waals surface area (Å²) >= 11 is 3.43. The molecule has 6 nitrogen and oxygen atoms in total. The number of aryl methyl sites for hydroxylation is 1. The number of aromatic nitrogens is 2. The van der Waals surface area contributed by atoms with E-state index in [4.69, 9.17) is 9.47 Å². The van der Waals surface area contributed by atoms with Crippen LogP contribution < -0.4 is 10.1 Å². The van der Waals surface area contributed by atoms with Crippen LogP contribution in [0.15, 0.2) is 22.7 Å². The molecule has 2 rings (SSSR count). The summed E-state index contributed by atoms with van der Waals surface area (Å²) in [5.41, 5.74) is 0.984. The predicted molar refractivity (Wildman–Crippen MR) is 83.4 cm³/mol. The molecule has 0 atom stereocenters. The van der Waals surface area contributed by atoms with Crippen LogP contribution >= 0.6 is 15.9 Å². The summed E-state index contributed by atoms with van der Waals surface area (Å²) in [6.07, 6.45) is 0.287. The number of halogens is 1. The van der Waals surface area contributed by atoms with Gasteiger partial charge in [0.15, 0.2) is 0 Å². The molecule has 0 fully saturated rings. The number of fused-ring (bicyclic) bond motifs is 1. The number of hydrogen-bond acceptors (Lipinski definition) is 4. The summed E-state index contributed by atoms with van der Waals surface area (Å²) in [4.78, 5) is 11.6. The van der Waals surface area contributed by atoms with Gasteiger partial charge in [-0.3, -0.25) is 9.48 Å². The zero-order valence-electron chi connectivity index (χ0n) is 12.1. The molecule has 1 heterocycles. The normalized spacial score (nSPS) is 10.8. The lowest BCUT2D eigenvalue weighted by Gasteiger charge is -2.05. The molecule has 0 unspecified atom stereocenters. The fourth-order valence-electron chi connectivity index (χ4n) is 1.93. The molecule has 21 heavy (non-hydrogen) atoms. The minimum Gasteiger partial charge on any atom is -0.476 e. The first-order chi connectivity index (χ1) is 10.1. The lowest BCUT2D eigenvalue weighted by Crippen LogP contribution is -2.28. The van der Waals surface area contributed by atoms with Crippen molar-refractivity contribution in [3.63, 3.8) is 0 Å². The molecule has 0 spiro atoms. The number of carbonyl (C=O) groups is 1. The number of rotatable bonds is 7. The maximum Gasteiger partial charge on any atom is 0.240 e. The lowest BCUT2D eigenvalue weighted by atomic mass is 10.2. The molecule has 0 aliphatic rings. The number of benzene rings is 1. The highest BCUT2D eigenvalue weighted by molar-refractivity contribution is 9.10. The van der Waals surface area contributed by atoms with Crippen LogP contribution in [-0.4, -0.2) is 42.6 Å². The van der Waals surface area contributed by atoms with Gasteiger partial charge in [-0.15, -0.1) is 5.10 Å². The van der Waals surface area contributed by atoms with Crippen LogP contribution in [-0.2, 0) is 16.6 Å². The average molecular weight is 356 g/mol. The Morgan fingerprint density at radius 3 is 3.00 bits per heavy atom. The van der Waals surface area contributed by atoms with Crippen LogP contribution in [0.25, 0.3) is 10.9 Å². The van der Waals surface area contributed by atoms with E-state index in [1.165, 1.54) is 0 Å². The molecule has 7 heteroatoms. The maximum absolute atomic E-state index is 11.6. The van der Waals surface area contributed by atoms with Gasteiger partial charge >= 0.3 is 0 Å². The van der Waals surface area contributed by atoms with Crippen molar-refractivity contribution in [3.05, 3.63) is 22.7 Å². The Hall–Kier alpha value is -1.60. The van der Waals surface area contributed by atoms with Gasteiger partial charge < -0.3 is 14.8 Å². The van der Waals surface area contributed by atoms with Crippen molar-refractivity contribution >= 4 is 32.7 Å². The fraction of sp³-hybridized carbons (Fsp3) is 0.429. The highest BCUT2D eigenvalue weighted by atomic mass is 79.9. The molecule has 0 saturated carbocycles. The summed E-state index contributed by atoms with van der Waals surface area (Å²) in [5, 5.41) is 7.99. The summed E-state index contributed by atoms with van der Waals surface area (Å²) in [7, 11) is 3.46. The second-order valence-corrected chi connectivity index (χ2v) is 5.45. The SMILES string of the molecule is COCCNC(=O)CCOc1nn(C)c2ccc(Br)cc12. The van der Waals surface area contributed by atoms with Crippen LogP contribution in [0, 0.1) is 0 Å². The van der Waals surface area contributed by atoms with Crippen LogP contribution in [0.4, 0.5) is 0 Å². The van der Waals surface area contributed by atoms with Gasteiger partial charge in [0, 0.05) is 25.2 Å². The molecule has 0 bridgehead atoms. The minimum atomic E-state index is -0.0616. The molecular weight excluding hydrogens is 338 g/mol. The molecule has 1 N–H and O–H groups in total. The van der Waals surface area contributed by atoms with Crippen molar-refractivity contribution < 1.29 is 14.3 Å². The fourth-order valence-corrected chi connectivity index (χ4v) is 2.29. The number of methoxy groups -OCH3 is 1. The van der Waals surface area contributed by atoms with Gasteiger partial charge in [0.05, 0.1) is 30.5 Å². The highest BCUT2D eigenvalue weighted by Gasteiger charge is 2.10. The molecule has 1 aromatic carbocycles. The van der Waals surface area contributed by atoms with Crippen LogP contribution in [0.1, 0.15) is 6.42 Å². The van der Waals surface area contributed by atoms with Crippen LogP contribution in [0.3, 0.4) is 0 Å². The van der Waals surface area contributed by atoms with Crippen molar-refractivity contribution in [2.24, 2.45) is 7.05 Å². The van der Waals surface area contributed by atoms with E-state index < -0.39 is 0 Å². The summed E-state index contributed by atoms with van der Waals surface area (Å²) in [6, 6.07) is 5.88. The van der Waals surface area contributed by atoms with Gasteiger partial charge in [-0.1, -0.05) is 15.9 Å². The molecular formula is C14H18BrN3O3.